The molecule has 0 radical (unpaired) electrons. The van der Waals surface area contributed by atoms with Crippen LogP contribution in [0.15, 0.2) is 386 Å². The minimum absolute atomic E-state index is 0.00197. The third kappa shape index (κ3) is 13.4. The van der Waals surface area contributed by atoms with Crippen LogP contribution in [-0.4, -0.2) is 29.8 Å². The average Bonchev–Trinajstić information content (AvgIpc) is 1.59. The van der Waals surface area contributed by atoms with Crippen LogP contribution in [0.5, 0.6) is 0 Å². The number of furan rings is 5. The predicted octanol–water partition coefficient (Wildman–Crippen LogP) is 29.8. The van der Waals surface area contributed by atoms with Gasteiger partial charge in [0.2, 0.25) is 0 Å². The summed E-state index contributed by atoms with van der Waals surface area (Å²) >= 11 is 0. The van der Waals surface area contributed by atoms with Gasteiger partial charge in [0.15, 0.2) is 35.2 Å². The molecule has 0 unspecified atom stereocenters. The van der Waals surface area contributed by atoms with Crippen LogP contribution in [0.4, 0.5) is 5.69 Å². The largest absolute Gasteiger partial charge is 0.456 e. The molecule has 16 heteroatoms. The Morgan fingerprint density at radius 1 is 0.214 bits per heavy atom. The zero-order valence-corrected chi connectivity index (χ0v) is 72.4. The lowest BCUT2D eigenvalue weighted by Crippen LogP contribution is -2.05. The zero-order chi connectivity index (χ0) is 87.7. The first kappa shape index (κ1) is 77.4. The van der Waals surface area contributed by atoms with Crippen LogP contribution in [0.3, 0.4) is 0 Å². The molecule has 0 saturated carbocycles. The first-order chi connectivity index (χ1) is 63.9. The van der Waals surface area contributed by atoms with E-state index in [0.29, 0.717) is 5.69 Å². The molecular formula is C115H72N2O11S3. The number of rotatable bonds is 6. The number of sulfone groups is 3. The van der Waals surface area contributed by atoms with Crippen molar-refractivity contribution in [3.05, 3.63) is 409 Å². The summed E-state index contributed by atoms with van der Waals surface area (Å²) in [4.78, 5) is 3.65. The van der Waals surface area contributed by atoms with E-state index in [-0.39, 0.29) is 34.5 Å². The number of para-hydroxylation sites is 7. The number of benzene rings is 18. The summed E-state index contributed by atoms with van der Waals surface area (Å²) in [6.45, 7) is 7.52. The van der Waals surface area contributed by atoms with E-state index in [0.717, 1.165) is 260 Å². The SMILES string of the molecule is O=S1(=O)Cc2cc(-c3ccc4c(c3)oc3ccccc34)ccc2-c2cc(-c3ccc4c(c3)oc3ccccc34)ccc2C1.O=S1(=O)Cc2cc(-c3ccc4c(c3)oc3ccccc34)ccc2-c2cc(-c3cccc4c3oc3ccccc34)ccc2C1.[C-]#[N+]c1ccc2c(c1)c1ccccc1n2-c1ccc2c(c1)-c1ccc(-c3ccc4c(c3)oc3ccccc34)cc1CS(=O)(=O)C2. The summed E-state index contributed by atoms with van der Waals surface area (Å²) in [5.41, 5.74) is 32.3. The van der Waals surface area contributed by atoms with Crippen LogP contribution in [0.2, 0.25) is 0 Å². The highest BCUT2D eigenvalue weighted by Crippen LogP contribution is 2.48. The van der Waals surface area contributed by atoms with Gasteiger partial charge >= 0.3 is 0 Å². The minimum atomic E-state index is -3.39. The number of hydrogen-bond acceptors (Lipinski definition) is 11. The number of hydrogen-bond donors (Lipinski definition) is 0. The van der Waals surface area contributed by atoms with Crippen LogP contribution in [-0.2, 0) is 64.0 Å². The highest BCUT2D eigenvalue weighted by molar-refractivity contribution is 7.90. The number of fused-ring (bicyclic) bond motifs is 27. The second-order valence-electron chi connectivity index (χ2n) is 34.5. The van der Waals surface area contributed by atoms with Gasteiger partial charge in [-0.3, -0.25) is 0 Å². The molecule has 24 aromatic rings. The quantitative estimate of drug-likeness (QED) is 0.145. The second-order valence-corrected chi connectivity index (χ2v) is 40.7. The van der Waals surface area contributed by atoms with Crippen LogP contribution < -0.4 is 0 Å². The molecule has 27 rings (SSSR count). The molecule has 3 aliphatic heterocycles. The lowest BCUT2D eigenvalue weighted by atomic mass is 9.90. The molecule has 6 aromatic heterocycles. The van der Waals surface area contributed by atoms with Gasteiger partial charge in [0.05, 0.1) is 52.1 Å². The number of nitrogens with zero attached hydrogens (tertiary/aromatic N) is 2. The Kier molecular flexibility index (Phi) is 17.7. The molecule has 0 bridgehead atoms. The van der Waals surface area contributed by atoms with Gasteiger partial charge in [0.1, 0.15) is 55.8 Å². The van der Waals surface area contributed by atoms with Crippen molar-refractivity contribution in [2.45, 2.75) is 34.5 Å². The van der Waals surface area contributed by atoms with Gasteiger partial charge < -0.3 is 26.7 Å². The van der Waals surface area contributed by atoms with Crippen LogP contribution >= 0.6 is 0 Å². The topological polar surface area (TPSA) is 177 Å². The molecule has 0 N–H and O–H groups in total. The molecule has 131 heavy (non-hydrogen) atoms. The summed E-state index contributed by atoms with van der Waals surface area (Å²) in [7, 11) is -10.1. The Bertz CT molecular complexity index is 9480. The first-order valence-electron chi connectivity index (χ1n) is 43.3. The molecule has 3 aliphatic rings. The molecular weight excluding hydrogens is 1680 g/mol. The average molecular weight is 1750 g/mol. The Morgan fingerprint density at radius 3 is 0.962 bits per heavy atom. The van der Waals surface area contributed by atoms with Crippen molar-refractivity contribution in [1.82, 2.24) is 4.57 Å². The Morgan fingerprint density at radius 2 is 0.527 bits per heavy atom. The fraction of sp³-hybridized carbons (Fsp3) is 0.0522. The van der Waals surface area contributed by atoms with Gasteiger partial charge in [-0.1, -0.05) is 224 Å². The lowest BCUT2D eigenvalue weighted by molar-refractivity contribution is 0.593. The molecule has 0 aliphatic carbocycles. The summed E-state index contributed by atoms with van der Waals surface area (Å²) < 4.78 is 113. The van der Waals surface area contributed by atoms with Crippen LogP contribution in [0.1, 0.15) is 33.4 Å². The highest BCUT2D eigenvalue weighted by Gasteiger charge is 2.31. The van der Waals surface area contributed by atoms with Crippen molar-refractivity contribution in [2.24, 2.45) is 0 Å². The fourth-order valence-electron chi connectivity index (χ4n) is 20.3. The van der Waals surface area contributed by atoms with Crippen molar-refractivity contribution in [1.29, 1.82) is 0 Å². The van der Waals surface area contributed by atoms with Gasteiger partial charge in [-0.2, -0.15) is 0 Å². The molecule has 0 saturated heterocycles. The van der Waals surface area contributed by atoms with Gasteiger partial charge in [0, 0.05) is 70.5 Å². The summed E-state index contributed by atoms with van der Waals surface area (Å²) in [5.74, 6) is -0.0300. The van der Waals surface area contributed by atoms with E-state index in [1.165, 1.54) is 0 Å². The maximum absolute atomic E-state index is 13.4. The van der Waals surface area contributed by atoms with Gasteiger partial charge in [0.25, 0.3) is 0 Å². The predicted molar refractivity (Wildman–Crippen MR) is 529 cm³/mol. The standard InChI is InChI=1S/C39H24N2O3S.2C38H24O4S/c1-40-28-13-17-37-35(20-28)31-6-2-4-8-36(31)41(37)29-14-10-26-22-45(42,43)23-27-18-24(11-15-30(27)34(26)21-29)25-12-16-33-32-7-3-5-9-38(32)44-39(33)19-25;39-43(40)21-26-13-12-25(29-8-5-9-33-31-7-2-4-11-36(31)42-38(29)33)19-34(26)28-16-14-23(18-27(28)22-43)24-15-17-32-30-6-1-3-10-35(30)41-37(32)20-24;39-43(40)21-27-10-9-24(26-13-16-33-31-6-2-4-8-36(31)42-38(33)20-26)18-34(27)29-14-11-23(17-28(29)22-43)25-12-15-32-30-5-1-3-7-35(30)41-37(32)19-25/h2-21H,22-23H2;2*1-20H,21-22H2. The summed E-state index contributed by atoms with van der Waals surface area (Å²) in [6.07, 6.45) is 0. The molecule has 0 amide bonds. The highest BCUT2D eigenvalue weighted by atomic mass is 32.2. The van der Waals surface area contributed by atoms with E-state index in [1.54, 1.807) is 0 Å². The number of aromatic nitrogens is 1. The second kappa shape index (κ2) is 29.9. The third-order valence-corrected chi connectivity index (χ3v) is 30.9. The van der Waals surface area contributed by atoms with E-state index in [4.69, 9.17) is 28.7 Å². The normalized spacial score (nSPS) is 14.1. The minimum Gasteiger partial charge on any atom is -0.456 e. The van der Waals surface area contributed by atoms with E-state index in [2.05, 4.69) is 179 Å². The molecule has 0 spiro atoms. The molecule has 626 valence electrons. The van der Waals surface area contributed by atoms with Crippen LogP contribution in [0, 0.1) is 6.57 Å². The molecule has 18 aromatic carbocycles. The van der Waals surface area contributed by atoms with Gasteiger partial charge in [-0.15, -0.1) is 0 Å². The first-order valence-corrected chi connectivity index (χ1v) is 48.8. The molecule has 0 atom stereocenters. The van der Waals surface area contributed by atoms with E-state index in [9.17, 15) is 25.3 Å². The van der Waals surface area contributed by atoms with Crippen molar-refractivity contribution in [3.63, 3.8) is 0 Å². The van der Waals surface area contributed by atoms with E-state index in [1.807, 2.05) is 194 Å². The molecule has 9 heterocycles. The Labute approximate surface area is 751 Å². The van der Waals surface area contributed by atoms with Gasteiger partial charge in [-0.25, -0.2) is 30.1 Å². The van der Waals surface area contributed by atoms with E-state index >= 15 is 0 Å². The lowest BCUT2D eigenvalue weighted by Gasteiger charge is -2.14. The van der Waals surface area contributed by atoms with Crippen molar-refractivity contribution in [2.75, 3.05) is 0 Å². The molecule has 13 nitrogen and oxygen atoms in total. The Balaban J connectivity index is 0.000000106. The summed E-state index contributed by atoms with van der Waals surface area (Å²) in [5, 5.41) is 12.9. The van der Waals surface area contributed by atoms with Gasteiger partial charge in [-0.05, 0) is 262 Å². The van der Waals surface area contributed by atoms with E-state index < -0.39 is 29.5 Å². The summed E-state index contributed by atoms with van der Waals surface area (Å²) in [6, 6.07) is 122. The fourth-order valence-corrected chi connectivity index (χ4v) is 24.9. The maximum Gasteiger partial charge on any atom is 0.188 e. The maximum atomic E-state index is 13.4. The van der Waals surface area contributed by atoms with Crippen molar-refractivity contribution in [3.8, 4) is 94.7 Å². The zero-order valence-electron chi connectivity index (χ0n) is 70.0. The van der Waals surface area contributed by atoms with Crippen molar-refractivity contribution < 1.29 is 47.3 Å². The van der Waals surface area contributed by atoms with Crippen LogP contribution in [0.25, 0.3) is 231 Å². The molecule has 0 fully saturated rings. The third-order valence-electron chi connectivity index (χ3n) is 26.4. The smallest absolute Gasteiger partial charge is 0.188 e. The monoisotopic (exact) mass is 1750 g/mol. The Hall–Kier alpha value is -15.9. The van der Waals surface area contributed by atoms with Crippen molar-refractivity contribution >= 4 is 167 Å².